The third-order valence-electron chi connectivity index (χ3n) is 5.09. The highest BCUT2D eigenvalue weighted by atomic mass is 32.1. The fourth-order valence-electron chi connectivity index (χ4n) is 3.06. The van der Waals surface area contributed by atoms with Crippen LogP contribution in [-0.4, -0.2) is 22.9 Å². The van der Waals surface area contributed by atoms with Gasteiger partial charge in [-0.2, -0.15) is 5.10 Å². The Kier molecular flexibility index (Phi) is 5.55. The first-order valence-electron chi connectivity index (χ1n) is 9.88. The lowest BCUT2D eigenvalue weighted by Gasteiger charge is -2.18. The van der Waals surface area contributed by atoms with Crippen molar-refractivity contribution in [3.8, 4) is 17.0 Å². The number of aromatic nitrogens is 1. The summed E-state index contributed by atoms with van der Waals surface area (Å²) in [6.45, 7) is 8.32. The van der Waals surface area contributed by atoms with Crippen LogP contribution in [0.5, 0.6) is 5.75 Å². The van der Waals surface area contributed by atoms with Gasteiger partial charge in [-0.3, -0.25) is 4.79 Å². The normalized spacial score (nSPS) is 14.3. The number of amides is 1. The lowest BCUT2D eigenvalue weighted by molar-refractivity contribution is -0.118. The molecule has 0 saturated heterocycles. The molecule has 0 spiro atoms. The molecule has 0 aliphatic carbocycles. The molecule has 1 amide bonds. The van der Waals surface area contributed by atoms with Crippen LogP contribution in [0.2, 0.25) is 0 Å². The van der Waals surface area contributed by atoms with Gasteiger partial charge < -0.3 is 10.1 Å². The first-order chi connectivity index (χ1) is 14.4. The van der Waals surface area contributed by atoms with E-state index in [-0.39, 0.29) is 12.5 Å². The van der Waals surface area contributed by atoms with E-state index in [0.717, 1.165) is 33.9 Å². The van der Waals surface area contributed by atoms with Gasteiger partial charge in [0.1, 0.15) is 5.75 Å². The van der Waals surface area contributed by atoms with E-state index >= 15 is 0 Å². The number of thiazole rings is 1. The molecule has 1 aromatic heterocycles. The van der Waals surface area contributed by atoms with Crippen molar-refractivity contribution in [2.24, 2.45) is 10.1 Å². The summed E-state index contributed by atoms with van der Waals surface area (Å²) in [5.74, 6) is 0.525. The fourth-order valence-corrected chi connectivity index (χ4v) is 3.91. The van der Waals surface area contributed by atoms with Crippen LogP contribution < -0.4 is 14.9 Å². The van der Waals surface area contributed by atoms with Crippen LogP contribution >= 0.6 is 11.3 Å². The smallest absolute Gasteiger partial charge is 0.262 e. The SMILES string of the molecule is CCC(C)=Nn1c(-c2ccc3c(c2)NC(=O)CO3)csc1=Nc1ccc(C)c(C)c1. The standard InChI is InChI=1S/C23H24N4O2S/c1-5-16(4)26-27-20(17-7-9-21-19(11-17)25-22(28)12-29-21)13-30-23(27)24-18-8-6-14(2)15(3)10-18/h6-11,13H,5,12H2,1-4H3,(H,25,28). The lowest BCUT2D eigenvalue weighted by atomic mass is 10.1. The number of anilines is 1. The number of nitrogens with one attached hydrogen (secondary N) is 1. The van der Waals surface area contributed by atoms with E-state index in [0.29, 0.717) is 11.4 Å². The summed E-state index contributed by atoms with van der Waals surface area (Å²) in [5, 5.41) is 9.72. The molecule has 1 aliphatic rings. The summed E-state index contributed by atoms with van der Waals surface area (Å²) >= 11 is 1.54. The molecule has 0 radical (unpaired) electrons. The number of hydrogen-bond donors (Lipinski definition) is 1. The zero-order valence-corrected chi connectivity index (χ0v) is 18.3. The third kappa shape index (κ3) is 4.07. The summed E-state index contributed by atoms with van der Waals surface area (Å²) in [6, 6.07) is 12.0. The first-order valence-corrected chi connectivity index (χ1v) is 10.8. The average molecular weight is 421 g/mol. The molecule has 1 aliphatic heterocycles. The number of ether oxygens (including phenoxy) is 1. The minimum atomic E-state index is -0.150. The van der Waals surface area contributed by atoms with Gasteiger partial charge in [0.05, 0.1) is 17.1 Å². The van der Waals surface area contributed by atoms with E-state index in [1.807, 2.05) is 41.2 Å². The highest BCUT2D eigenvalue weighted by molar-refractivity contribution is 7.07. The molecule has 0 fully saturated rings. The Morgan fingerprint density at radius 2 is 2.03 bits per heavy atom. The number of aryl methyl sites for hydroxylation is 2. The molecular formula is C23H24N4O2S. The molecular weight excluding hydrogens is 396 g/mol. The van der Waals surface area contributed by atoms with E-state index in [2.05, 4.69) is 38.2 Å². The quantitative estimate of drug-likeness (QED) is 0.602. The van der Waals surface area contributed by atoms with Crippen LogP contribution in [0.4, 0.5) is 11.4 Å². The maximum absolute atomic E-state index is 11.7. The molecule has 30 heavy (non-hydrogen) atoms. The number of rotatable bonds is 4. The number of hydrogen-bond acceptors (Lipinski definition) is 5. The van der Waals surface area contributed by atoms with Gasteiger partial charge in [0.2, 0.25) is 4.80 Å². The first kappa shape index (κ1) is 20.1. The molecule has 0 atom stereocenters. The van der Waals surface area contributed by atoms with Crippen molar-refractivity contribution in [1.29, 1.82) is 0 Å². The molecule has 6 nitrogen and oxygen atoms in total. The average Bonchev–Trinajstić information content (AvgIpc) is 3.12. The van der Waals surface area contributed by atoms with Crippen molar-refractivity contribution >= 4 is 34.3 Å². The highest BCUT2D eigenvalue weighted by Gasteiger charge is 2.18. The van der Waals surface area contributed by atoms with Crippen LogP contribution in [0.15, 0.2) is 51.9 Å². The maximum Gasteiger partial charge on any atom is 0.262 e. The Balaban J connectivity index is 1.85. The van der Waals surface area contributed by atoms with Gasteiger partial charge >= 0.3 is 0 Å². The van der Waals surface area contributed by atoms with Gasteiger partial charge in [-0.25, -0.2) is 9.67 Å². The minimum Gasteiger partial charge on any atom is -0.482 e. The van der Waals surface area contributed by atoms with Crippen molar-refractivity contribution in [3.05, 3.63) is 57.7 Å². The van der Waals surface area contributed by atoms with Crippen LogP contribution in [0.25, 0.3) is 11.3 Å². The van der Waals surface area contributed by atoms with Gasteiger partial charge in [-0.05, 0) is 68.7 Å². The van der Waals surface area contributed by atoms with Gasteiger partial charge in [0.15, 0.2) is 6.61 Å². The Morgan fingerprint density at radius 1 is 1.20 bits per heavy atom. The number of benzene rings is 2. The Labute approximate surface area is 179 Å². The Morgan fingerprint density at radius 3 is 2.80 bits per heavy atom. The number of carbonyl (C=O) groups is 1. The third-order valence-corrected chi connectivity index (χ3v) is 5.91. The number of fused-ring (bicyclic) bond motifs is 1. The van der Waals surface area contributed by atoms with E-state index < -0.39 is 0 Å². The predicted octanol–water partition coefficient (Wildman–Crippen LogP) is 5.03. The van der Waals surface area contributed by atoms with E-state index in [1.165, 1.54) is 22.5 Å². The van der Waals surface area contributed by atoms with Gasteiger partial charge in [-0.15, -0.1) is 11.3 Å². The number of nitrogens with zero attached hydrogens (tertiary/aromatic N) is 3. The minimum absolute atomic E-state index is 0.0454. The zero-order chi connectivity index (χ0) is 21.3. The Hall–Kier alpha value is -3.19. The molecule has 154 valence electrons. The predicted molar refractivity (Wildman–Crippen MR) is 122 cm³/mol. The molecule has 2 heterocycles. The highest BCUT2D eigenvalue weighted by Crippen LogP contribution is 2.33. The summed E-state index contributed by atoms with van der Waals surface area (Å²) in [4.78, 5) is 17.4. The monoisotopic (exact) mass is 420 g/mol. The number of carbonyl (C=O) groups excluding carboxylic acids is 1. The summed E-state index contributed by atoms with van der Waals surface area (Å²) in [6.07, 6.45) is 0.847. The lowest BCUT2D eigenvalue weighted by Crippen LogP contribution is -2.25. The van der Waals surface area contributed by atoms with E-state index in [9.17, 15) is 4.79 Å². The van der Waals surface area contributed by atoms with E-state index in [1.54, 1.807) is 0 Å². The molecule has 1 N–H and O–H groups in total. The summed E-state index contributed by atoms with van der Waals surface area (Å²) in [5.41, 5.74) is 6.87. The fraction of sp³-hybridized carbons (Fsp3) is 0.261. The van der Waals surface area contributed by atoms with Crippen molar-refractivity contribution in [3.63, 3.8) is 0 Å². The van der Waals surface area contributed by atoms with Crippen LogP contribution in [0, 0.1) is 13.8 Å². The molecule has 7 heteroatoms. The maximum atomic E-state index is 11.7. The van der Waals surface area contributed by atoms with E-state index in [4.69, 9.17) is 14.8 Å². The van der Waals surface area contributed by atoms with Crippen molar-refractivity contribution in [2.45, 2.75) is 34.1 Å². The Bertz CT molecular complexity index is 1220. The molecule has 3 aromatic rings. The molecule has 0 bridgehead atoms. The second-order valence-corrected chi connectivity index (χ2v) is 8.17. The summed E-state index contributed by atoms with van der Waals surface area (Å²) < 4.78 is 7.36. The molecule has 2 aromatic carbocycles. The molecule has 4 rings (SSSR count). The largest absolute Gasteiger partial charge is 0.482 e. The van der Waals surface area contributed by atoms with Crippen molar-refractivity contribution in [1.82, 2.24) is 4.68 Å². The van der Waals surface area contributed by atoms with Gasteiger partial charge in [0, 0.05) is 16.7 Å². The van der Waals surface area contributed by atoms with Gasteiger partial charge in [0.25, 0.3) is 5.91 Å². The molecule has 0 saturated carbocycles. The van der Waals surface area contributed by atoms with Gasteiger partial charge in [-0.1, -0.05) is 13.0 Å². The zero-order valence-electron chi connectivity index (χ0n) is 17.5. The van der Waals surface area contributed by atoms with Crippen LogP contribution in [-0.2, 0) is 4.79 Å². The van der Waals surface area contributed by atoms with Crippen molar-refractivity contribution in [2.75, 3.05) is 11.9 Å². The topological polar surface area (TPSA) is 68.0 Å². The van der Waals surface area contributed by atoms with Crippen LogP contribution in [0.3, 0.4) is 0 Å². The second-order valence-electron chi connectivity index (χ2n) is 7.33. The van der Waals surface area contributed by atoms with Crippen LogP contribution in [0.1, 0.15) is 31.4 Å². The summed E-state index contributed by atoms with van der Waals surface area (Å²) in [7, 11) is 0. The second kappa shape index (κ2) is 8.28. The van der Waals surface area contributed by atoms with Crippen molar-refractivity contribution < 1.29 is 9.53 Å². The molecule has 0 unspecified atom stereocenters.